The SMILES string of the molecule is CCNCCC(=O)N[C@@H](Cc1ccc(O)c(O)c1)C(=O)O. The maximum absolute atomic E-state index is 11.6. The van der Waals surface area contributed by atoms with Crippen molar-refractivity contribution in [3.05, 3.63) is 23.8 Å². The molecule has 0 aliphatic rings. The molecule has 0 heterocycles. The quantitative estimate of drug-likeness (QED) is 0.345. The first-order valence-corrected chi connectivity index (χ1v) is 6.67. The van der Waals surface area contributed by atoms with Gasteiger partial charge in [-0.2, -0.15) is 0 Å². The summed E-state index contributed by atoms with van der Waals surface area (Å²) >= 11 is 0. The van der Waals surface area contributed by atoms with E-state index in [1.807, 2.05) is 6.92 Å². The molecule has 0 bridgehead atoms. The normalized spacial score (nSPS) is 11.9. The molecule has 0 radical (unpaired) electrons. The molecular formula is C14H20N2O5. The van der Waals surface area contributed by atoms with Crippen LogP contribution in [0, 0.1) is 0 Å². The van der Waals surface area contributed by atoms with E-state index in [4.69, 9.17) is 5.11 Å². The fraction of sp³-hybridized carbons (Fsp3) is 0.429. The zero-order valence-electron chi connectivity index (χ0n) is 11.8. The van der Waals surface area contributed by atoms with E-state index >= 15 is 0 Å². The van der Waals surface area contributed by atoms with Crippen molar-refractivity contribution >= 4 is 11.9 Å². The number of nitrogens with one attached hydrogen (secondary N) is 2. The van der Waals surface area contributed by atoms with Gasteiger partial charge in [-0.3, -0.25) is 4.79 Å². The van der Waals surface area contributed by atoms with Gasteiger partial charge in [0.25, 0.3) is 0 Å². The molecular weight excluding hydrogens is 276 g/mol. The van der Waals surface area contributed by atoms with Gasteiger partial charge < -0.3 is 26.0 Å². The fourth-order valence-corrected chi connectivity index (χ4v) is 1.78. The highest BCUT2D eigenvalue weighted by Gasteiger charge is 2.20. The van der Waals surface area contributed by atoms with Crippen LogP contribution in [0.5, 0.6) is 11.5 Å². The monoisotopic (exact) mass is 296 g/mol. The Kier molecular flexibility index (Phi) is 6.48. The molecule has 7 heteroatoms. The molecule has 5 N–H and O–H groups in total. The van der Waals surface area contributed by atoms with Gasteiger partial charge in [0.15, 0.2) is 11.5 Å². The summed E-state index contributed by atoms with van der Waals surface area (Å²) in [5, 5.41) is 33.1. The van der Waals surface area contributed by atoms with Crippen LogP contribution in [0.2, 0.25) is 0 Å². The second-order valence-corrected chi connectivity index (χ2v) is 4.59. The number of carbonyl (C=O) groups is 2. The lowest BCUT2D eigenvalue weighted by atomic mass is 10.1. The molecule has 0 aromatic heterocycles. The molecule has 1 atom stereocenters. The largest absolute Gasteiger partial charge is 0.504 e. The van der Waals surface area contributed by atoms with E-state index < -0.39 is 12.0 Å². The first-order valence-electron chi connectivity index (χ1n) is 6.67. The zero-order chi connectivity index (χ0) is 15.8. The lowest BCUT2D eigenvalue weighted by Crippen LogP contribution is -2.43. The summed E-state index contributed by atoms with van der Waals surface area (Å²) in [5.41, 5.74) is 0.504. The molecule has 0 spiro atoms. The van der Waals surface area contributed by atoms with E-state index in [-0.39, 0.29) is 30.2 Å². The van der Waals surface area contributed by atoms with Gasteiger partial charge in [-0.15, -0.1) is 0 Å². The second kappa shape index (κ2) is 8.11. The molecule has 0 saturated carbocycles. The predicted octanol–water partition coefficient (Wildman–Crippen LogP) is 0.209. The van der Waals surface area contributed by atoms with E-state index in [0.29, 0.717) is 12.1 Å². The number of aliphatic carboxylic acids is 1. The van der Waals surface area contributed by atoms with E-state index in [0.717, 1.165) is 6.54 Å². The summed E-state index contributed by atoms with van der Waals surface area (Å²) in [4.78, 5) is 22.8. The van der Waals surface area contributed by atoms with Crippen LogP contribution in [-0.2, 0) is 16.0 Å². The number of phenolic OH excluding ortho intramolecular Hbond substituents is 2. The Balaban J connectivity index is 2.63. The molecule has 1 aromatic rings. The van der Waals surface area contributed by atoms with Crippen LogP contribution in [-0.4, -0.2) is 46.3 Å². The Morgan fingerprint density at radius 3 is 2.52 bits per heavy atom. The Hall–Kier alpha value is -2.28. The topological polar surface area (TPSA) is 119 Å². The maximum Gasteiger partial charge on any atom is 0.326 e. The van der Waals surface area contributed by atoms with Crippen LogP contribution in [0.15, 0.2) is 18.2 Å². The third-order valence-electron chi connectivity index (χ3n) is 2.89. The molecule has 0 aliphatic heterocycles. The van der Waals surface area contributed by atoms with Crippen molar-refractivity contribution in [2.45, 2.75) is 25.8 Å². The van der Waals surface area contributed by atoms with Gasteiger partial charge in [-0.1, -0.05) is 13.0 Å². The number of carbonyl (C=O) groups excluding carboxylic acids is 1. The van der Waals surface area contributed by atoms with Crippen molar-refractivity contribution in [2.75, 3.05) is 13.1 Å². The van der Waals surface area contributed by atoms with E-state index in [1.54, 1.807) is 0 Å². The van der Waals surface area contributed by atoms with Crippen LogP contribution in [0.25, 0.3) is 0 Å². The number of hydrogen-bond donors (Lipinski definition) is 5. The zero-order valence-corrected chi connectivity index (χ0v) is 11.8. The smallest absolute Gasteiger partial charge is 0.326 e. The van der Waals surface area contributed by atoms with Crippen LogP contribution in [0.4, 0.5) is 0 Å². The van der Waals surface area contributed by atoms with Gasteiger partial charge in [0.1, 0.15) is 6.04 Å². The third kappa shape index (κ3) is 5.70. The standard InChI is InChI=1S/C14H20N2O5/c1-2-15-6-5-13(19)16-10(14(20)21)7-9-3-4-11(17)12(18)8-9/h3-4,8,10,15,17-18H,2,5-7H2,1H3,(H,16,19)(H,20,21)/t10-/m0/s1. The highest BCUT2D eigenvalue weighted by Crippen LogP contribution is 2.25. The number of carboxylic acids is 1. The summed E-state index contributed by atoms with van der Waals surface area (Å²) in [6.45, 7) is 3.13. The summed E-state index contributed by atoms with van der Waals surface area (Å²) in [6, 6.07) is 2.96. The number of aromatic hydroxyl groups is 2. The number of benzene rings is 1. The molecule has 1 aromatic carbocycles. The van der Waals surface area contributed by atoms with E-state index in [2.05, 4.69) is 10.6 Å². The van der Waals surface area contributed by atoms with Crippen molar-refractivity contribution in [1.82, 2.24) is 10.6 Å². The van der Waals surface area contributed by atoms with Crippen molar-refractivity contribution in [1.29, 1.82) is 0 Å². The van der Waals surface area contributed by atoms with Crippen molar-refractivity contribution in [3.63, 3.8) is 0 Å². The Morgan fingerprint density at radius 1 is 1.24 bits per heavy atom. The van der Waals surface area contributed by atoms with Crippen LogP contribution in [0.3, 0.4) is 0 Å². The summed E-state index contributed by atoms with van der Waals surface area (Å²) in [6.07, 6.45) is 0.217. The first kappa shape index (κ1) is 16.8. The van der Waals surface area contributed by atoms with Gasteiger partial charge in [-0.05, 0) is 24.2 Å². The minimum Gasteiger partial charge on any atom is -0.504 e. The van der Waals surface area contributed by atoms with E-state index in [1.165, 1.54) is 18.2 Å². The number of rotatable bonds is 8. The lowest BCUT2D eigenvalue weighted by molar-refractivity contribution is -0.141. The van der Waals surface area contributed by atoms with Crippen molar-refractivity contribution in [2.24, 2.45) is 0 Å². The average Bonchev–Trinajstić information content (AvgIpc) is 2.42. The number of amides is 1. The third-order valence-corrected chi connectivity index (χ3v) is 2.89. The predicted molar refractivity (Wildman–Crippen MR) is 76.2 cm³/mol. The lowest BCUT2D eigenvalue weighted by Gasteiger charge is -2.15. The number of hydrogen-bond acceptors (Lipinski definition) is 5. The molecule has 0 saturated heterocycles. The number of phenols is 2. The Morgan fingerprint density at radius 2 is 1.95 bits per heavy atom. The molecule has 116 valence electrons. The molecule has 0 aliphatic carbocycles. The molecule has 1 rings (SSSR count). The summed E-state index contributed by atoms with van der Waals surface area (Å²) < 4.78 is 0. The Labute approximate surface area is 122 Å². The van der Waals surface area contributed by atoms with Gasteiger partial charge in [-0.25, -0.2) is 4.79 Å². The fourth-order valence-electron chi connectivity index (χ4n) is 1.78. The highest BCUT2D eigenvalue weighted by molar-refractivity contribution is 5.83. The average molecular weight is 296 g/mol. The maximum atomic E-state index is 11.6. The molecule has 21 heavy (non-hydrogen) atoms. The van der Waals surface area contributed by atoms with Crippen LogP contribution < -0.4 is 10.6 Å². The van der Waals surface area contributed by atoms with Gasteiger partial charge >= 0.3 is 5.97 Å². The van der Waals surface area contributed by atoms with Gasteiger partial charge in [0.05, 0.1) is 0 Å². The molecule has 1 amide bonds. The Bertz CT molecular complexity index is 504. The van der Waals surface area contributed by atoms with Crippen molar-refractivity contribution < 1.29 is 24.9 Å². The summed E-state index contributed by atoms with van der Waals surface area (Å²) in [7, 11) is 0. The summed E-state index contributed by atoms with van der Waals surface area (Å²) in [5.74, 6) is -2.11. The van der Waals surface area contributed by atoms with Crippen LogP contribution in [0.1, 0.15) is 18.9 Å². The molecule has 0 unspecified atom stereocenters. The number of carboxylic acid groups (broad SMARTS) is 1. The first-order chi connectivity index (χ1) is 9.93. The van der Waals surface area contributed by atoms with Crippen LogP contribution >= 0.6 is 0 Å². The molecule has 7 nitrogen and oxygen atoms in total. The minimum atomic E-state index is -1.15. The van der Waals surface area contributed by atoms with Gasteiger partial charge in [0, 0.05) is 19.4 Å². The molecule has 0 fully saturated rings. The highest BCUT2D eigenvalue weighted by atomic mass is 16.4. The van der Waals surface area contributed by atoms with Gasteiger partial charge in [0.2, 0.25) is 5.91 Å². The van der Waals surface area contributed by atoms with Crippen molar-refractivity contribution in [3.8, 4) is 11.5 Å². The second-order valence-electron chi connectivity index (χ2n) is 4.59. The van der Waals surface area contributed by atoms with E-state index in [9.17, 15) is 19.8 Å². The minimum absolute atomic E-state index is 0.0239.